The van der Waals surface area contributed by atoms with Gasteiger partial charge in [-0.2, -0.15) is 0 Å². The first-order valence-corrected chi connectivity index (χ1v) is 7.42. The molecule has 0 saturated heterocycles. The van der Waals surface area contributed by atoms with Gasteiger partial charge < -0.3 is 4.52 Å². The Morgan fingerprint density at radius 3 is 2.21 bits per heavy atom. The molecular formula is C13H12N3O2P. The van der Waals surface area contributed by atoms with Gasteiger partial charge in [0.1, 0.15) is 5.75 Å². The zero-order chi connectivity index (χ0) is 13.6. The second-order valence-electron chi connectivity index (χ2n) is 3.86. The summed E-state index contributed by atoms with van der Waals surface area (Å²) in [4.78, 5) is 6.00. The van der Waals surface area contributed by atoms with Crippen LogP contribution in [0.15, 0.2) is 65.5 Å². The third-order valence-corrected chi connectivity index (χ3v) is 4.01. The third kappa shape index (κ3) is 3.88. The predicted molar refractivity (Wildman–Crippen MR) is 74.0 cm³/mol. The SMILES string of the molecule is [N-]=[N+]=NP(=O)(Cc1ccccc1)Oc1ccccc1. The molecule has 1 atom stereocenters. The number of rotatable bonds is 5. The van der Waals surface area contributed by atoms with Crippen LogP contribution in [0.25, 0.3) is 10.4 Å². The molecule has 2 aromatic carbocycles. The van der Waals surface area contributed by atoms with Crippen molar-refractivity contribution in [1.82, 2.24) is 0 Å². The number of benzene rings is 2. The molecule has 96 valence electrons. The lowest BCUT2D eigenvalue weighted by atomic mass is 10.2. The molecular weight excluding hydrogens is 261 g/mol. The van der Waals surface area contributed by atoms with Crippen molar-refractivity contribution >= 4 is 7.52 Å². The van der Waals surface area contributed by atoms with Gasteiger partial charge in [0.2, 0.25) is 0 Å². The Morgan fingerprint density at radius 1 is 1.05 bits per heavy atom. The molecule has 0 aliphatic carbocycles. The van der Waals surface area contributed by atoms with Gasteiger partial charge in [-0.05, 0) is 23.2 Å². The molecule has 1 unspecified atom stereocenters. The molecule has 2 rings (SSSR count). The molecule has 2 aromatic rings. The highest BCUT2D eigenvalue weighted by Gasteiger charge is 2.23. The summed E-state index contributed by atoms with van der Waals surface area (Å²) in [5, 5.41) is 0. The Morgan fingerprint density at radius 2 is 1.63 bits per heavy atom. The van der Waals surface area contributed by atoms with Gasteiger partial charge >= 0.3 is 7.52 Å². The zero-order valence-corrected chi connectivity index (χ0v) is 11.0. The molecule has 19 heavy (non-hydrogen) atoms. The van der Waals surface area contributed by atoms with E-state index in [2.05, 4.69) is 9.80 Å². The van der Waals surface area contributed by atoms with Crippen molar-refractivity contribution < 1.29 is 9.09 Å². The fourth-order valence-electron chi connectivity index (χ4n) is 1.60. The fourth-order valence-corrected chi connectivity index (χ4v) is 3.01. The molecule has 0 aliphatic rings. The minimum Gasteiger partial charge on any atom is -0.438 e. The maximum atomic E-state index is 12.5. The van der Waals surface area contributed by atoms with Crippen molar-refractivity contribution in [2.24, 2.45) is 4.88 Å². The van der Waals surface area contributed by atoms with Gasteiger partial charge in [0.25, 0.3) is 0 Å². The molecule has 0 spiro atoms. The summed E-state index contributed by atoms with van der Waals surface area (Å²) >= 11 is 0. The summed E-state index contributed by atoms with van der Waals surface area (Å²) in [7, 11) is -3.45. The van der Waals surface area contributed by atoms with E-state index in [0.29, 0.717) is 5.75 Å². The average molecular weight is 273 g/mol. The van der Waals surface area contributed by atoms with Crippen molar-refractivity contribution in [3.8, 4) is 5.75 Å². The normalized spacial score (nSPS) is 13.1. The van der Waals surface area contributed by atoms with E-state index in [9.17, 15) is 4.57 Å². The zero-order valence-electron chi connectivity index (χ0n) is 10.1. The Labute approximate surface area is 111 Å². The van der Waals surface area contributed by atoms with Crippen LogP contribution in [-0.4, -0.2) is 0 Å². The summed E-state index contributed by atoms with van der Waals surface area (Å²) < 4.78 is 17.9. The average Bonchev–Trinajstić information content (AvgIpc) is 2.41. The summed E-state index contributed by atoms with van der Waals surface area (Å²) in [6, 6.07) is 17.8. The van der Waals surface area contributed by atoms with E-state index < -0.39 is 7.52 Å². The predicted octanol–water partition coefficient (Wildman–Crippen LogP) is 4.77. The number of nitrogens with zero attached hydrogens (tertiary/aromatic N) is 3. The second kappa shape index (κ2) is 6.10. The van der Waals surface area contributed by atoms with Crippen molar-refractivity contribution in [2.45, 2.75) is 6.16 Å². The standard InChI is InChI=1S/C13H12N3O2P/c14-15-16-19(17,11-12-7-3-1-4-8-12)18-13-9-5-2-6-10-13/h1-10H,11H2. The number of para-hydroxylation sites is 1. The van der Waals surface area contributed by atoms with E-state index in [0.717, 1.165) is 5.56 Å². The summed E-state index contributed by atoms with van der Waals surface area (Å²) in [6.45, 7) is 0. The first-order valence-electron chi connectivity index (χ1n) is 5.66. The maximum absolute atomic E-state index is 12.5. The lowest BCUT2D eigenvalue weighted by molar-refractivity contribution is 0.481. The maximum Gasteiger partial charge on any atom is 0.339 e. The Hall–Kier alpha value is -2.22. The van der Waals surface area contributed by atoms with Gasteiger partial charge in [-0.25, -0.2) is 0 Å². The van der Waals surface area contributed by atoms with Crippen LogP contribution >= 0.6 is 7.52 Å². The van der Waals surface area contributed by atoms with Gasteiger partial charge in [0, 0.05) is 9.80 Å². The molecule has 0 bridgehead atoms. The molecule has 0 amide bonds. The fraction of sp³-hybridized carbons (Fsp3) is 0.0769. The Bertz CT molecular complexity index is 579. The van der Waals surface area contributed by atoms with Crippen LogP contribution in [0.4, 0.5) is 0 Å². The minimum absolute atomic E-state index is 0.0762. The number of hydrogen-bond donors (Lipinski definition) is 0. The molecule has 0 saturated carbocycles. The monoisotopic (exact) mass is 273 g/mol. The van der Waals surface area contributed by atoms with Crippen molar-refractivity contribution in [2.75, 3.05) is 0 Å². The van der Waals surface area contributed by atoms with Crippen LogP contribution in [0.5, 0.6) is 5.75 Å². The van der Waals surface area contributed by atoms with Crippen LogP contribution in [0.3, 0.4) is 0 Å². The molecule has 0 aliphatic heterocycles. The van der Waals surface area contributed by atoms with E-state index in [1.54, 1.807) is 24.3 Å². The second-order valence-corrected chi connectivity index (χ2v) is 5.82. The lowest BCUT2D eigenvalue weighted by Gasteiger charge is -2.14. The highest BCUT2D eigenvalue weighted by Crippen LogP contribution is 2.51. The Kier molecular flexibility index (Phi) is 4.24. The molecule has 5 nitrogen and oxygen atoms in total. The van der Waals surface area contributed by atoms with E-state index in [1.165, 1.54) is 0 Å². The van der Waals surface area contributed by atoms with E-state index in [4.69, 9.17) is 10.1 Å². The molecule has 0 fully saturated rings. The quantitative estimate of drug-likeness (QED) is 0.340. The summed E-state index contributed by atoms with van der Waals surface area (Å²) in [6.07, 6.45) is 0.0762. The van der Waals surface area contributed by atoms with Crippen LogP contribution in [0.2, 0.25) is 0 Å². The summed E-state index contributed by atoms with van der Waals surface area (Å²) in [5.74, 6) is 0.425. The van der Waals surface area contributed by atoms with E-state index >= 15 is 0 Å². The molecule has 0 heterocycles. The number of hydrogen-bond acceptors (Lipinski definition) is 2. The van der Waals surface area contributed by atoms with Gasteiger partial charge in [0.15, 0.2) is 0 Å². The van der Waals surface area contributed by atoms with Crippen LogP contribution in [0.1, 0.15) is 5.56 Å². The molecule has 0 radical (unpaired) electrons. The lowest BCUT2D eigenvalue weighted by Crippen LogP contribution is -1.94. The van der Waals surface area contributed by atoms with Crippen LogP contribution < -0.4 is 4.52 Å². The molecule has 6 heteroatoms. The third-order valence-electron chi connectivity index (χ3n) is 2.39. The number of azide groups is 1. The molecule has 0 N–H and O–H groups in total. The topological polar surface area (TPSA) is 75.1 Å². The molecule has 0 aromatic heterocycles. The van der Waals surface area contributed by atoms with Crippen molar-refractivity contribution in [1.29, 1.82) is 0 Å². The van der Waals surface area contributed by atoms with Gasteiger partial charge in [-0.3, -0.25) is 4.57 Å². The minimum atomic E-state index is -3.45. The van der Waals surface area contributed by atoms with Crippen molar-refractivity contribution in [3.63, 3.8) is 0 Å². The van der Waals surface area contributed by atoms with Crippen LogP contribution in [-0.2, 0) is 10.7 Å². The van der Waals surface area contributed by atoms with E-state index in [1.807, 2.05) is 36.4 Å². The summed E-state index contributed by atoms with van der Waals surface area (Å²) in [5.41, 5.74) is 9.36. The van der Waals surface area contributed by atoms with E-state index in [-0.39, 0.29) is 6.16 Å². The van der Waals surface area contributed by atoms with Gasteiger partial charge in [-0.15, -0.1) is 0 Å². The van der Waals surface area contributed by atoms with Gasteiger partial charge in [0.05, 0.1) is 6.16 Å². The first kappa shape index (κ1) is 13.2. The smallest absolute Gasteiger partial charge is 0.339 e. The van der Waals surface area contributed by atoms with Crippen LogP contribution in [0, 0.1) is 0 Å². The highest BCUT2D eigenvalue weighted by molar-refractivity contribution is 7.57. The largest absolute Gasteiger partial charge is 0.438 e. The van der Waals surface area contributed by atoms with Gasteiger partial charge in [-0.1, -0.05) is 48.5 Å². The first-order chi connectivity index (χ1) is 9.22. The van der Waals surface area contributed by atoms with Crippen molar-refractivity contribution in [3.05, 3.63) is 76.7 Å². The highest BCUT2D eigenvalue weighted by atomic mass is 31.2. The Balaban J connectivity index is 2.23.